The van der Waals surface area contributed by atoms with Crippen LogP contribution in [0, 0.1) is 0 Å². The van der Waals surface area contributed by atoms with Gasteiger partial charge in [-0.2, -0.15) is 4.31 Å². The van der Waals surface area contributed by atoms with Gasteiger partial charge in [0.05, 0.1) is 22.7 Å². The number of hydrogen-bond acceptors (Lipinski definition) is 5. The van der Waals surface area contributed by atoms with E-state index in [9.17, 15) is 18.3 Å². The van der Waals surface area contributed by atoms with Crippen molar-refractivity contribution in [3.63, 3.8) is 0 Å². The second-order valence-electron chi connectivity index (χ2n) is 5.14. The van der Waals surface area contributed by atoms with E-state index < -0.39 is 16.0 Å². The number of hydrogen-bond donors (Lipinski definition) is 2. The average Bonchev–Trinajstić information content (AvgIpc) is 2.37. The van der Waals surface area contributed by atoms with Crippen LogP contribution in [0.3, 0.4) is 0 Å². The van der Waals surface area contributed by atoms with Gasteiger partial charge in [-0.15, -0.1) is 0 Å². The Morgan fingerprint density at radius 2 is 1.90 bits per heavy atom. The van der Waals surface area contributed by atoms with E-state index >= 15 is 0 Å². The lowest BCUT2D eigenvalue weighted by atomic mass is 10.2. The van der Waals surface area contributed by atoms with Crippen LogP contribution in [0.5, 0.6) is 0 Å². The summed E-state index contributed by atoms with van der Waals surface area (Å²) in [5.41, 5.74) is 5.53. The molecule has 0 radical (unpaired) electrons. The zero-order chi connectivity index (χ0) is 15.8. The maximum atomic E-state index is 12.7. The Bertz CT molecular complexity index is 649. The van der Waals surface area contributed by atoms with Crippen molar-refractivity contribution in [1.82, 2.24) is 4.31 Å². The SMILES string of the molecule is C[C@@H]1CN(S(=O)(=O)c2cc(N)ccc2C(=O)O)C[C@H](C)O1. The summed E-state index contributed by atoms with van der Waals surface area (Å²) in [5, 5.41) is 9.17. The highest BCUT2D eigenvalue weighted by atomic mass is 32.2. The summed E-state index contributed by atoms with van der Waals surface area (Å²) in [6, 6.07) is 3.76. The van der Waals surface area contributed by atoms with E-state index in [0.29, 0.717) is 0 Å². The minimum atomic E-state index is -3.93. The second-order valence-corrected chi connectivity index (χ2v) is 7.05. The molecule has 0 aliphatic carbocycles. The molecule has 116 valence electrons. The van der Waals surface area contributed by atoms with Crippen molar-refractivity contribution in [1.29, 1.82) is 0 Å². The first-order chi connectivity index (χ1) is 9.71. The topological polar surface area (TPSA) is 110 Å². The molecule has 3 N–H and O–H groups in total. The molecule has 1 aliphatic heterocycles. The molecule has 0 unspecified atom stereocenters. The minimum Gasteiger partial charge on any atom is -0.478 e. The van der Waals surface area contributed by atoms with Crippen LogP contribution in [0.25, 0.3) is 0 Å². The third-order valence-electron chi connectivity index (χ3n) is 3.24. The van der Waals surface area contributed by atoms with E-state index in [1.54, 1.807) is 13.8 Å². The third kappa shape index (κ3) is 3.17. The van der Waals surface area contributed by atoms with Gasteiger partial charge in [-0.25, -0.2) is 13.2 Å². The van der Waals surface area contributed by atoms with Gasteiger partial charge in [-0.1, -0.05) is 0 Å². The first kappa shape index (κ1) is 15.7. The number of nitrogen functional groups attached to an aromatic ring is 1. The smallest absolute Gasteiger partial charge is 0.337 e. The number of carboxylic acids is 1. The van der Waals surface area contributed by atoms with Crippen molar-refractivity contribution in [2.45, 2.75) is 31.0 Å². The maximum absolute atomic E-state index is 12.7. The molecule has 21 heavy (non-hydrogen) atoms. The Kier molecular flexibility index (Phi) is 4.22. The van der Waals surface area contributed by atoms with Crippen molar-refractivity contribution in [3.8, 4) is 0 Å². The Balaban J connectivity index is 2.49. The molecule has 1 heterocycles. The number of nitrogens with zero attached hydrogens (tertiary/aromatic N) is 1. The van der Waals surface area contributed by atoms with Gasteiger partial charge in [-0.3, -0.25) is 0 Å². The molecule has 0 aromatic heterocycles. The highest BCUT2D eigenvalue weighted by molar-refractivity contribution is 7.89. The van der Waals surface area contributed by atoms with Crippen LogP contribution in [0.15, 0.2) is 23.1 Å². The van der Waals surface area contributed by atoms with Crippen molar-refractivity contribution in [2.24, 2.45) is 0 Å². The molecule has 2 atom stereocenters. The summed E-state index contributed by atoms with van der Waals surface area (Å²) in [7, 11) is -3.93. The molecule has 1 saturated heterocycles. The van der Waals surface area contributed by atoms with E-state index in [1.807, 2.05) is 0 Å². The molecule has 7 nitrogen and oxygen atoms in total. The second kappa shape index (κ2) is 5.63. The number of rotatable bonds is 3. The molecule has 0 saturated carbocycles. The highest BCUT2D eigenvalue weighted by Crippen LogP contribution is 2.25. The lowest BCUT2D eigenvalue weighted by molar-refractivity contribution is -0.0440. The Hall–Kier alpha value is -1.64. The van der Waals surface area contributed by atoms with Crippen LogP contribution in [0.1, 0.15) is 24.2 Å². The van der Waals surface area contributed by atoms with Crippen LogP contribution in [0.2, 0.25) is 0 Å². The number of sulfonamides is 1. The number of carbonyl (C=O) groups is 1. The largest absolute Gasteiger partial charge is 0.478 e. The fourth-order valence-corrected chi connectivity index (χ4v) is 4.20. The number of morpholine rings is 1. The number of ether oxygens (including phenoxy) is 1. The molecule has 1 aliphatic rings. The molecular formula is C13H18N2O5S. The number of carboxylic acid groups (broad SMARTS) is 1. The predicted octanol–water partition coefficient (Wildman–Crippen LogP) is 0.765. The van der Waals surface area contributed by atoms with Gasteiger partial charge in [0.1, 0.15) is 0 Å². The van der Waals surface area contributed by atoms with E-state index in [0.717, 1.165) is 0 Å². The van der Waals surface area contributed by atoms with Crippen molar-refractivity contribution in [3.05, 3.63) is 23.8 Å². The standard InChI is InChI=1S/C13H18N2O5S/c1-8-6-15(7-9(2)20-8)21(18,19)12-5-10(14)3-4-11(12)13(16)17/h3-5,8-9H,6-7,14H2,1-2H3,(H,16,17)/t8-,9+. The number of anilines is 1. The Morgan fingerprint density at radius 3 is 2.43 bits per heavy atom. The van der Waals surface area contributed by atoms with Gasteiger partial charge in [0.25, 0.3) is 0 Å². The number of aromatic carboxylic acids is 1. The van der Waals surface area contributed by atoms with Gasteiger partial charge < -0.3 is 15.6 Å². The monoisotopic (exact) mass is 314 g/mol. The van der Waals surface area contributed by atoms with Crippen LogP contribution >= 0.6 is 0 Å². The fraction of sp³-hybridized carbons (Fsp3) is 0.462. The lowest BCUT2D eigenvalue weighted by Crippen LogP contribution is -2.48. The summed E-state index contributed by atoms with van der Waals surface area (Å²) < 4.78 is 32.2. The summed E-state index contributed by atoms with van der Waals surface area (Å²) in [5.74, 6) is -1.30. The molecule has 8 heteroatoms. The quantitative estimate of drug-likeness (QED) is 0.797. The fourth-order valence-electron chi connectivity index (χ4n) is 2.40. The van der Waals surface area contributed by atoms with Gasteiger partial charge >= 0.3 is 5.97 Å². The molecule has 1 aromatic rings. The van der Waals surface area contributed by atoms with Gasteiger partial charge in [0.2, 0.25) is 10.0 Å². The normalized spacial score (nSPS) is 23.9. The molecule has 0 bridgehead atoms. The first-order valence-electron chi connectivity index (χ1n) is 6.50. The van der Waals surface area contributed by atoms with Gasteiger partial charge in [-0.05, 0) is 32.0 Å². The predicted molar refractivity (Wildman–Crippen MR) is 76.6 cm³/mol. The Labute approximate surface area is 123 Å². The molecule has 0 amide bonds. The third-order valence-corrected chi connectivity index (χ3v) is 5.11. The van der Waals surface area contributed by atoms with E-state index in [-0.39, 0.29) is 41.4 Å². The van der Waals surface area contributed by atoms with E-state index in [4.69, 9.17) is 10.5 Å². The minimum absolute atomic E-state index is 0.181. The van der Waals surface area contributed by atoms with Crippen LogP contribution < -0.4 is 5.73 Å². The molecule has 0 spiro atoms. The van der Waals surface area contributed by atoms with Crippen molar-refractivity contribution >= 4 is 21.7 Å². The zero-order valence-corrected chi connectivity index (χ0v) is 12.6. The average molecular weight is 314 g/mol. The number of benzene rings is 1. The van der Waals surface area contributed by atoms with Crippen LogP contribution in [-0.2, 0) is 14.8 Å². The summed E-state index contributed by atoms with van der Waals surface area (Å²) in [6.45, 7) is 3.91. The van der Waals surface area contributed by atoms with E-state index in [2.05, 4.69) is 0 Å². The van der Waals surface area contributed by atoms with Gasteiger partial charge in [0.15, 0.2) is 0 Å². The summed E-state index contributed by atoms with van der Waals surface area (Å²) >= 11 is 0. The molecule has 1 aromatic carbocycles. The lowest BCUT2D eigenvalue weighted by Gasteiger charge is -2.34. The first-order valence-corrected chi connectivity index (χ1v) is 7.94. The maximum Gasteiger partial charge on any atom is 0.337 e. The van der Waals surface area contributed by atoms with Crippen molar-refractivity contribution in [2.75, 3.05) is 18.8 Å². The number of nitrogens with two attached hydrogens (primary N) is 1. The molecular weight excluding hydrogens is 296 g/mol. The summed E-state index contributed by atoms with van der Waals surface area (Å²) in [6.07, 6.45) is -0.504. The molecule has 1 fully saturated rings. The van der Waals surface area contributed by atoms with E-state index in [1.165, 1.54) is 22.5 Å². The van der Waals surface area contributed by atoms with Crippen LogP contribution in [-0.4, -0.2) is 49.1 Å². The van der Waals surface area contributed by atoms with Crippen LogP contribution in [0.4, 0.5) is 5.69 Å². The highest BCUT2D eigenvalue weighted by Gasteiger charge is 2.34. The van der Waals surface area contributed by atoms with Gasteiger partial charge in [0, 0.05) is 18.8 Å². The van der Waals surface area contributed by atoms with Crippen molar-refractivity contribution < 1.29 is 23.1 Å². The molecule has 2 rings (SSSR count). The Morgan fingerprint density at radius 1 is 1.33 bits per heavy atom. The zero-order valence-electron chi connectivity index (χ0n) is 11.8. The summed E-state index contributed by atoms with van der Waals surface area (Å²) in [4.78, 5) is 11.0.